The normalized spacial score (nSPS) is 11.4. The smallest absolute Gasteiger partial charge is 0.242 e. The molecule has 0 atom stereocenters. The highest BCUT2D eigenvalue weighted by Crippen LogP contribution is 2.19. The molecule has 0 fully saturated rings. The summed E-state index contributed by atoms with van der Waals surface area (Å²) in [5.74, 6) is 0.309. The number of aromatic nitrogens is 2. The molecule has 0 unspecified atom stereocenters. The van der Waals surface area contributed by atoms with Crippen LogP contribution in [0.1, 0.15) is 19.2 Å². The summed E-state index contributed by atoms with van der Waals surface area (Å²) in [6.45, 7) is 1.57. The van der Waals surface area contributed by atoms with Gasteiger partial charge in [0.05, 0.1) is 11.4 Å². The van der Waals surface area contributed by atoms with Crippen molar-refractivity contribution in [3.05, 3.63) is 59.4 Å². The van der Waals surface area contributed by atoms with Crippen LogP contribution in [0.3, 0.4) is 0 Å². The summed E-state index contributed by atoms with van der Waals surface area (Å²) in [5.41, 5.74) is 1.22. The maximum absolute atomic E-state index is 12.4. The molecule has 0 radical (unpaired) electrons. The molecule has 2 N–H and O–H groups in total. The highest BCUT2D eigenvalue weighted by molar-refractivity contribution is 7.89. The molecule has 0 spiro atoms. The van der Waals surface area contributed by atoms with Crippen LogP contribution in [0, 0.1) is 0 Å². The lowest BCUT2D eigenvalue weighted by Gasteiger charge is -2.07. The molecule has 1 aromatic heterocycles. The van der Waals surface area contributed by atoms with Crippen LogP contribution in [0.2, 0.25) is 5.02 Å². The Balaban J connectivity index is 1.65. The number of hydrogen-bond acceptors (Lipinski definition) is 6. The summed E-state index contributed by atoms with van der Waals surface area (Å²) in [6.07, 6.45) is 0.337. The van der Waals surface area contributed by atoms with Crippen LogP contribution in [0.5, 0.6) is 0 Å². The number of carbonyl (C=O) groups is 1. The largest absolute Gasteiger partial charge is 0.338 e. The number of carbonyl (C=O) groups excluding carboxylic acids is 1. The van der Waals surface area contributed by atoms with Crippen molar-refractivity contribution in [1.29, 1.82) is 0 Å². The zero-order valence-corrected chi connectivity index (χ0v) is 16.4. The van der Waals surface area contributed by atoms with E-state index in [1.807, 2.05) is 0 Å². The second-order valence-corrected chi connectivity index (χ2v) is 7.97. The predicted octanol–water partition coefficient (Wildman–Crippen LogP) is 3.22. The fourth-order valence-electron chi connectivity index (χ4n) is 2.25. The first-order valence-corrected chi connectivity index (χ1v) is 10.2. The van der Waals surface area contributed by atoms with Gasteiger partial charge in [-0.15, -0.1) is 0 Å². The van der Waals surface area contributed by atoms with Crippen LogP contribution in [-0.4, -0.2) is 24.5 Å². The number of nitrogens with zero attached hydrogens (tertiary/aromatic N) is 2. The third-order valence-corrected chi connectivity index (χ3v) is 5.42. The third-order valence-electron chi connectivity index (χ3n) is 3.75. The van der Waals surface area contributed by atoms with Crippen molar-refractivity contribution in [2.24, 2.45) is 0 Å². The van der Waals surface area contributed by atoms with Gasteiger partial charge >= 0.3 is 0 Å². The summed E-state index contributed by atoms with van der Waals surface area (Å²) in [7, 11) is -3.78. The Bertz CT molecular complexity index is 1060. The Morgan fingerprint density at radius 2 is 1.79 bits per heavy atom. The highest BCUT2D eigenvalue weighted by atomic mass is 35.5. The number of nitrogens with one attached hydrogen (secondary N) is 2. The van der Waals surface area contributed by atoms with Crippen LogP contribution < -0.4 is 10.0 Å². The van der Waals surface area contributed by atoms with Crippen molar-refractivity contribution in [2.45, 2.75) is 24.8 Å². The summed E-state index contributed by atoms with van der Waals surface area (Å²) in [5, 5.41) is 7.07. The molecule has 3 aromatic rings. The lowest BCUT2D eigenvalue weighted by molar-refractivity contribution is -0.115. The van der Waals surface area contributed by atoms with E-state index < -0.39 is 10.0 Å². The predicted molar refractivity (Wildman–Crippen MR) is 104 cm³/mol. The molecule has 28 heavy (non-hydrogen) atoms. The number of halogens is 1. The van der Waals surface area contributed by atoms with Gasteiger partial charge in [-0.3, -0.25) is 4.79 Å². The number of benzene rings is 2. The van der Waals surface area contributed by atoms with Gasteiger partial charge in [0.2, 0.25) is 27.6 Å². The summed E-state index contributed by atoms with van der Waals surface area (Å²) in [6, 6.07) is 12.7. The standard InChI is InChI=1S/C18H17ClN4O4S/c1-2-16(24)21-14-7-9-15(10-8-14)28(25,26)20-11-17-22-18(23-27-17)12-3-5-13(19)6-4-12/h3-10,20H,2,11H2,1H3,(H,21,24). The number of sulfonamides is 1. The SMILES string of the molecule is CCC(=O)Nc1ccc(S(=O)(=O)NCc2nc(-c3ccc(Cl)cc3)no2)cc1. The van der Waals surface area contributed by atoms with E-state index in [4.69, 9.17) is 16.1 Å². The Morgan fingerprint density at radius 3 is 2.43 bits per heavy atom. The van der Waals surface area contributed by atoms with Gasteiger partial charge in [-0.25, -0.2) is 13.1 Å². The van der Waals surface area contributed by atoms with E-state index in [1.54, 1.807) is 31.2 Å². The minimum Gasteiger partial charge on any atom is -0.338 e. The lowest BCUT2D eigenvalue weighted by Crippen LogP contribution is -2.23. The number of amides is 1. The molecule has 2 aromatic carbocycles. The molecule has 146 valence electrons. The topological polar surface area (TPSA) is 114 Å². The maximum atomic E-state index is 12.4. The molecule has 3 rings (SSSR count). The molecular formula is C18H17ClN4O4S. The minimum absolute atomic E-state index is 0.0550. The van der Waals surface area contributed by atoms with Gasteiger partial charge in [-0.1, -0.05) is 23.7 Å². The number of anilines is 1. The van der Waals surface area contributed by atoms with Gasteiger partial charge in [0.25, 0.3) is 0 Å². The Kier molecular flexibility index (Phi) is 6.08. The first-order chi connectivity index (χ1) is 13.4. The van der Waals surface area contributed by atoms with Crippen molar-refractivity contribution < 1.29 is 17.7 Å². The Morgan fingerprint density at radius 1 is 1.11 bits per heavy atom. The maximum Gasteiger partial charge on any atom is 0.242 e. The fraction of sp³-hybridized carbons (Fsp3) is 0.167. The molecule has 1 amide bonds. The van der Waals surface area contributed by atoms with Crippen molar-refractivity contribution in [1.82, 2.24) is 14.9 Å². The summed E-state index contributed by atoms with van der Waals surface area (Å²) < 4.78 is 32.3. The average Bonchev–Trinajstić information content (AvgIpc) is 3.16. The van der Waals surface area contributed by atoms with Crippen molar-refractivity contribution >= 4 is 33.2 Å². The number of rotatable bonds is 7. The van der Waals surface area contributed by atoms with E-state index in [2.05, 4.69) is 20.2 Å². The van der Waals surface area contributed by atoms with E-state index in [9.17, 15) is 13.2 Å². The monoisotopic (exact) mass is 420 g/mol. The van der Waals surface area contributed by atoms with Crippen LogP contribution in [0.15, 0.2) is 57.9 Å². The van der Waals surface area contributed by atoms with Crippen molar-refractivity contribution in [2.75, 3.05) is 5.32 Å². The summed E-state index contributed by atoms with van der Waals surface area (Å²) >= 11 is 5.84. The molecule has 10 heteroatoms. The van der Waals surface area contributed by atoms with Gasteiger partial charge in [0.15, 0.2) is 0 Å². The van der Waals surface area contributed by atoms with Crippen LogP contribution in [0.25, 0.3) is 11.4 Å². The zero-order chi connectivity index (χ0) is 20.1. The fourth-order valence-corrected chi connectivity index (χ4v) is 3.35. The van der Waals surface area contributed by atoms with Gasteiger partial charge < -0.3 is 9.84 Å². The van der Waals surface area contributed by atoms with Gasteiger partial charge in [0, 0.05) is 22.7 Å². The van der Waals surface area contributed by atoms with Gasteiger partial charge in [-0.05, 0) is 48.5 Å². The Labute approximate surface area is 167 Å². The molecule has 0 bridgehead atoms. The van der Waals surface area contributed by atoms with Gasteiger partial charge in [-0.2, -0.15) is 4.98 Å². The molecule has 0 aliphatic heterocycles. The average molecular weight is 421 g/mol. The second-order valence-electron chi connectivity index (χ2n) is 5.77. The summed E-state index contributed by atoms with van der Waals surface area (Å²) in [4.78, 5) is 15.6. The minimum atomic E-state index is -3.78. The quantitative estimate of drug-likeness (QED) is 0.606. The van der Waals surface area contributed by atoms with Gasteiger partial charge in [0.1, 0.15) is 0 Å². The van der Waals surface area contributed by atoms with E-state index in [-0.39, 0.29) is 23.2 Å². The third kappa shape index (κ3) is 4.94. The van der Waals surface area contributed by atoms with E-state index >= 15 is 0 Å². The van der Waals surface area contributed by atoms with Crippen LogP contribution in [0.4, 0.5) is 5.69 Å². The number of hydrogen-bond donors (Lipinski definition) is 2. The molecule has 0 saturated carbocycles. The highest BCUT2D eigenvalue weighted by Gasteiger charge is 2.16. The molecule has 0 saturated heterocycles. The Hall–Kier alpha value is -2.75. The second kappa shape index (κ2) is 8.51. The molecule has 8 nitrogen and oxygen atoms in total. The molecule has 1 heterocycles. The molecular weight excluding hydrogens is 404 g/mol. The van der Waals surface area contributed by atoms with Crippen molar-refractivity contribution in [3.63, 3.8) is 0 Å². The van der Waals surface area contributed by atoms with E-state index in [0.29, 0.717) is 28.5 Å². The van der Waals surface area contributed by atoms with Crippen LogP contribution in [-0.2, 0) is 21.4 Å². The zero-order valence-electron chi connectivity index (χ0n) is 14.8. The van der Waals surface area contributed by atoms with E-state index in [0.717, 1.165) is 0 Å². The lowest BCUT2D eigenvalue weighted by atomic mass is 10.2. The molecule has 0 aliphatic rings. The van der Waals surface area contributed by atoms with Crippen LogP contribution >= 0.6 is 11.6 Å². The molecule has 0 aliphatic carbocycles. The first kappa shape index (κ1) is 20.0. The van der Waals surface area contributed by atoms with Crippen molar-refractivity contribution in [3.8, 4) is 11.4 Å². The van der Waals surface area contributed by atoms with E-state index in [1.165, 1.54) is 24.3 Å². The first-order valence-electron chi connectivity index (χ1n) is 8.35.